The third-order valence-corrected chi connectivity index (χ3v) is 6.00. The first-order chi connectivity index (χ1) is 13.9. The first-order valence-electron chi connectivity index (χ1n) is 10.1. The first kappa shape index (κ1) is 17.0. The van der Waals surface area contributed by atoms with Crippen LogP contribution in [0.3, 0.4) is 0 Å². The molecule has 0 heteroatoms. The molecule has 0 fully saturated rings. The Kier molecular flexibility index (Phi) is 4.54. The minimum absolute atomic E-state index is 1.10. The predicted octanol–water partition coefficient (Wildman–Crippen LogP) is 6.36. The molecule has 0 nitrogen and oxygen atoms in total. The second-order valence-corrected chi connectivity index (χ2v) is 7.78. The van der Waals surface area contributed by atoms with Gasteiger partial charge in [-0.3, -0.25) is 0 Å². The van der Waals surface area contributed by atoms with Crippen molar-refractivity contribution in [1.29, 1.82) is 0 Å². The van der Waals surface area contributed by atoms with Gasteiger partial charge in [0.15, 0.2) is 0 Å². The van der Waals surface area contributed by atoms with Gasteiger partial charge in [0.1, 0.15) is 0 Å². The average molecular weight is 361 g/mol. The van der Waals surface area contributed by atoms with Crippen molar-refractivity contribution in [3.05, 3.63) is 142 Å². The molecule has 0 spiro atoms. The maximum atomic E-state index is 2.24. The van der Waals surface area contributed by atoms with Gasteiger partial charge < -0.3 is 0 Å². The zero-order chi connectivity index (χ0) is 18.8. The second kappa shape index (κ2) is 7.48. The lowest BCUT2D eigenvalue weighted by Crippen LogP contribution is -2.06. The molecule has 136 valence electrons. The van der Waals surface area contributed by atoms with Gasteiger partial charge in [-0.05, 0) is 70.2 Å². The van der Waals surface area contributed by atoms with Gasteiger partial charge in [0.05, 0.1) is 0 Å². The van der Waals surface area contributed by atoms with Gasteiger partial charge in [-0.15, -0.1) is 0 Å². The smallest absolute Gasteiger partial charge is 0.00201 e. The Bertz CT molecular complexity index is 854. The molecule has 4 aromatic carbocycles. The molecule has 0 bridgehead atoms. The summed E-state index contributed by atoms with van der Waals surface area (Å²) < 4.78 is 0. The van der Waals surface area contributed by atoms with Crippen LogP contribution in [0.4, 0.5) is 0 Å². The highest BCUT2D eigenvalue weighted by Gasteiger charge is 2.14. The average Bonchev–Trinajstić information content (AvgIpc) is 2.76. The van der Waals surface area contributed by atoms with Crippen LogP contribution in [-0.2, 0) is 25.7 Å². The Labute approximate surface area is 167 Å². The van der Waals surface area contributed by atoms with E-state index < -0.39 is 0 Å². The van der Waals surface area contributed by atoms with E-state index in [1.54, 1.807) is 0 Å². The van der Waals surface area contributed by atoms with Crippen LogP contribution < -0.4 is 0 Å². The van der Waals surface area contributed by atoms with Gasteiger partial charge in [-0.25, -0.2) is 0 Å². The zero-order valence-electron chi connectivity index (χ0n) is 16.1. The van der Waals surface area contributed by atoms with Crippen molar-refractivity contribution in [2.45, 2.75) is 25.7 Å². The number of benzene rings is 4. The van der Waals surface area contributed by atoms with E-state index in [4.69, 9.17) is 0 Å². The topological polar surface area (TPSA) is 0 Å². The standard InChI is InChI=1S/2C14H12/c2*1-2-6-12-10-14-8-4-3-7-13(14)9-11(12)5-1/h2*1-8H,9-10H2. The maximum Gasteiger partial charge on any atom is -0.00201 e. The monoisotopic (exact) mass is 360 g/mol. The Morgan fingerprint density at radius 1 is 0.250 bits per heavy atom. The van der Waals surface area contributed by atoms with Gasteiger partial charge in [0, 0.05) is 0 Å². The van der Waals surface area contributed by atoms with E-state index in [1.807, 2.05) is 0 Å². The van der Waals surface area contributed by atoms with Crippen LogP contribution in [0, 0.1) is 0 Å². The summed E-state index contributed by atoms with van der Waals surface area (Å²) >= 11 is 0. The summed E-state index contributed by atoms with van der Waals surface area (Å²) in [6.07, 6.45) is 4.41. The lowest BCUT2D eigenvalue weighted by Gasteiger charge is -2.18. The minimum Gasteiger partial charge on any atom is -0.0620 e. The van der Waals surface area contributed by atoms with Gasteiger partial charge in [0.25, 0.3) is 0 Å². The lowest BCUT2D eigenvalue weighted by atomic mass is 9.86. The summed E-state index contributed by atoms with van der Waals surface area (Å²) in [4.78, 5) is 0. The third kappa shape index (κ3) is 3.39. The van der Waals surface area contributed by atoms with Gasteiger partial charge in [-0.1, -0.05) is 97.1 Å². The fraction of sp³-hybridized carbons (Fsp3) is 0.143. The van der Waals surface area contributed by atoms with E-state index in [0.717, 1.165) is 25.7 Å². The molecule has 2 aliphatic rings. The summed E-state index contributed by atoms with van der Waals surface area (Å²) in [6, 6.07) is 35.0. The van der Waals surface area contributed by atoms with Crippen molar-refractivity contribution in [3.63, 3.8) is 0 Å². The molecule has 0 atom stereocenters. The van der Waals surface area contributed by atoms with Crippen molar-refractivity contribution in [2.75, 3.05) is 0 Å². The zero-order valence-corrected chi connectivity index (χ0v) is 16.1. The molecule has 0 saturated carbocycles. The van der Waals surface area contributed by atoms with E-state index in [9.17, 15) is 0 Å². The molecule has 0 amide bonds. The van der Waals surface area contributed by atoms with Gasteiger partial charge in [0.2, 0.25) is 0 Å². The lowest BCUT2D eigenvalue weighted by molar-refractivity contribution is 1.00. The Balaban J connectivity index is 0.000000122. The third-order valence-electron chi connectivity index (χ3n) is 6.00. The molecule has 0 N–H and O–H groups in total. The largest absolute Gasteiger partial charge is 0.0620 e. The number of hydrogen-bond acceptors (Lipinski definition) is 0. The maximum absolute atomic E-state index is 2.24. The second-order valence-electron chi connectivity index (χ2n) is 7.78. The normalized spacial score (nSPS) is 13.1. The fourth-order valence-electron chi connectivity index (χ4n) is 4.43. The Hall–Kier alpha value is -3.12. The van der Waals surface area contributed by atoms with Crippen LogP contribution in [0.1, 0.15) is 44.5 Å². The fourth-order valence-corrected chi connectivity index (χ4v) is 4.43. The molecule has 0 unspecified atom stereocenters. The SMILES string of the molecule is c1ccc2c(c1)Cc1ccccc1C2.c1ccc2c(c1)Cc1ccccc1C2. The molecule has 0 radical (unpaired) electrons. The molecular weight excluding hydrogens is 336 g/mol. The van der Waals surface area contributed by atoms with E-state index in [1.165, 1.54) is 44.5 Å². The van der Waals surface area contributed by atoms with Crippen LogP contribution in [-0.4, -0.2) is 0 Å². The van der Waals surface area contributed by atoms with E-state index in [0.29, 0.717) is 0 Å². The van der Waals surface area contributed by atoms with Crippen LogP contribution in [0.2, 0.25) is 0 Å². The van der Waals surface area contributed by atoms with E-state index in [2.05, 4.69) is 97.1 Å². The van der Waals surface area contributed by atoms with E-state index >= 15 is 0 Å². The Morgan fingerprint density at radius 2 is 0.393 bits per heavy atom. The summed E-state index contributed by atoms with van der Waals surface area (Å²) in [6.45, 7) is 0. The van der Waals surface area contributed by atoms with Gasteiger partial charge >= 0.3 is 0 Å². The van der Waals surface area contributed by atoms with Crippen molar-refractivity contribution < 1.29 is 0 Å². The molecule has 6 rings (SSSR count). The minimum atomic E-state index is 1.10. The van der Waals surface area contributed by atoms with Crippen LogP contribution in [0.5, 0.6) is 0 Å². The summed E-state index contributed by atoms with van der Waals surface area (Å²) in [7, 11) is 0. The predicted molar refractivity (Wildman–Crippen MR) is 117 cm³/mol. The highest BCUT2D eigenvalue weighted by molar-refractivity contribution is 5.45. The highest BCUT2D eigenvalue weighted by Crippen LogP contribution is 2.27. The van der Waals surface area contributed by atoms with Crippen molar-refractivity contribution in [2.24, 2.45) is 0 Å². The van der Waals surface area contributed by atoms with Crippen LogP contribution in [0.25, 0.3) is 0 Å². The molecule has 0 aromatic heterocycles. The van der Waals surface area contributed by atoms with Crippen molar-refractivity contribution >= 4 is 0 Å². The molecule has 0 heterocycles. The van der Waals surface area contributed by atoms with Crippen LogP contribution in [0.15, 0.2) is 97.1 Å². The van der Waals surface area contributed by atoms with Crippen LogP contribution >= 0.6 is 0 Å². The van der Waals surface area contributed by atoms with Crippen molar-refractivity contribution in [3.8, 4) is 0 Å². The number of fused-ring (bicyclic) bond motifs is 4. The Morgan fingerprint density at radius 3 is 0.536 bits per heavy atom. The molecule has 28 heavy (non-hydrogen) atoms. The number of hydrogen-bond donors (Lipinski definition) is 0. The van der Waals surface area contributed by atoms with Crippen molar-refractivity contribution in [1.82, 2.24) is 0 Å². The quantitative estimate of drug-likeness (QED) is 0.295. The molecule has 0 aliphatic heterocycles. The first-order valence-corrected chi connectivity index (χ1v) is 10.1. The molecular formula is C28H24. The van der Waals surface area contributed by atoms with E-state index in [-0.39, 0.29) is 0 Å². The summed E-state index contributed by atoms with van der Waals surface area (Å²) in [5, 5.41) is 0. The van der Waals surface area contributed by atoms with Gasteiger partial charge in [-0.2, -0.15) is 0 Å². The number of rotatable bonds is 0. The molecule has 0 saturated heterocycles. The molecule has 2 aliphatic carbocycles. The molecule has 4 aromatic rings. The summed E-state index contributed by atoms with van der Waals surface area (Å²) in [5.74, 6) is 0. The highest BCUT2D eigenvalue weighted by atomic mass is 14.2. The summed E-state index contributed by atoms with van der Waals surface area (Å²) in [5.41, 5.74) is 11.9.